The molecule has 260 valence electrons. The third kappa shape index (κ3) is 17.7. The predicted octanol–water partition coefficient (Wildman–Crippen LogP) is 7.88. The third-order valence-corrected chi connectivity index (χ3v) is 10.7. The van der Waals surface area contributed by atoms with Gasteiger partial charge in [-0.1, -0.05) is 121 Å². The molecule has 45 heavy (non-hydrogen) atoms. The second-order valence-electron chi connectivity index (χ2n) is 13.3. The SMILES string of the molecule is CCCCCCCCCCCCCCCCCCNC(=O)OCC(CNS(=O)(=O)CCC[N+]1(C)CCCc2ccccc21)OC. The van der Waals surface area contributed by atoms with Gasteiger partial charge in [-0.15, -0.1) is 0 Å². The second-order valence-corrected chi connectivity index (χ2v) is 15.2. The number of nitrogens with one attached hydrogen (secondary N) is 2. The zero-order chi connectivity index (χ0) is 32.6. The number of ether oxygens (including phenoxy) is 2. The van der Waals surface area contributed by atoms with Crippen molar-refractivity contribution in [2.24, 2.45) is 0 Å². The molecular weight excluding hydrogens is 586 g/mol. The molecule has 0 saturated heterocycles. The molecule has 1 amide bonds. The van der Waals surface area contributed by atoms with Gasteiger partial charge >= 0.3 is 6.09 Å². The Kier molecular flexibility index (Phi) is 20.7. The summed E-state index contributed by atoms with van der Waals surface area (Å²) in [6, 6.07) is 8.48. The molecule has 0 aromatic heterocycles. The molecule has 1 heterocycles. The van der Waals surface area contributed by atoms with Crippen LogP contribution in [0.1, 0.15) is 128 Å². The van der Waals surface area contributed by atoms with Crippen molar-refractivity contribution in [3.63, 3.8) is 0 Å². The Morgan fingerprint density at radius 2 is 1.44 bits per heavy atom. The molecule has 8 nitrogen and oxygen atoms in total. The number of hydrogen-bond donors (Lipinski definition) is 2. The zero-order valence-corrected chi connectivity index (χ0v) is 29.8. The maximum atomic E-state index is 12.7. The van der Waals surface area contributed by atoms with Gasteiger partial charge in [0.05, 0.1) is 25.9 Å². The lowest BCUT2D eigenvalue weighted by atomic mass is 9.99. The first-order chi connectivity index (χ1) is 21.8. The number of aryl methyl sites for hydroxylation is 1. The first-order valence-corrected chi connectivity index (χ1v) is 19.8. The van der Waals surface area contributed by atoms with Crippen LogP contribution in [0, 0.1) is 0 Å². The number of quaternary nitrogens is 1. The Morgan fingerprint density at radius 3 is 2.04 bits per heavy atom. The maximum Gasteiger partial charge on any atom is 0.407 e. The highest BCUT2D eigenvalue weighted by Crippen LogP contribution is 2.32. The Labute approximate surface area is 276 Å². The number of rotatable bonds is 27. The van der Waals surface area contributed by atoms with Crippen molar-refractivity contribution in [3.05, 3.63) is 29.8 Å². The Bertz CT molecular complexity index is 1020. The van der Waals surface area contributed by atoms with E-state index in [1.807, 2.05) is 0 Å². The minimum atomic E-state index is -3.47. The van der Waals surface area contributed by atoms with E-state index in [4.69, 9.17) is 9.47 Å². The minimum Gasteiger partial charge on any atom is -0.447 e. The highest BCUT2D eigenvalue weighted by molar-refractivity contribution is 7.89. The summed E-state index contributed by atoms with van der Waals surface area (Å²) in [4.78, 5) is 12.1. The molecule has 0 fully saturated rings. The average molecular weight is 653 g/mol. The van der Waals surface area contributed by atoms with Crippen LogP contribution in [0.3, 0.4) is 0 Å². The van der Waals surface area contributed by atoms with Crippen LogP contribution in [-0.2, 0) is 25.9 Å². The van der Waals surface area contributed by atoms with E-state index in [0.717, 1.165) is 43.3 Å². The molecule has 2 rings (SSSR count). The van der Waals surface area contributed by atoms with E-state index in [9.17, 15) is 13.2 Å². The molecule has 0 bridgehead atoms. The van der Waals surface area contributed by atoms with E-state index in [1.54, 1.807) is 0 Å². The molecule has 1 aromatic rings. The quantitative estimate of drug-likeness (QED) is 0.0745. The van der Waals surface area contributed by atoms with Gasteiger partial charge in [0.2, 0.25) is 10.0 Å². The molecule has 1 aliphatic rings. The number of hydrogen-bond acceptors (Lipinski definition) is 5. The summed E-state index contributed by atoms with van der Waals surface area (Å²) in [5.74, 6) is 0.0556. The van der Waals surface area contributed by atoms with Gasteiger partial charge in [-0.2, -0.15) is 0 Å². The zero-order valence-electron chi connectivity index (χ0n) is 29.0. The summed E-state index contributed by atoms with van der Waals surface area (Å²) in [7, 11) is 0.226. The van der Waals surface area contributed by atoms with E-state index < -0.39 is 22.2 Å². The fraction of sp³-hybridized carbons (Fsp3) is 0.806. The molecule has 0 aliphatic carbocycles. The Hall–Kier alpha value is -1.68. The standard InChI is InChI=1S/C36H65N3O5S/c1-4-5-6-7-8-9-10-11-12-13-14-15-16-17-18-21-27-37-36(40)44-32-34(43-3)31-38-45(41,42)30-23-29-39(2)28-22-25-33-24-19-20-26-35(33)39/h19-20,24,26,34,38H,4-18,21-23,25,27-32H2,1-3H3/p+1. The number of unbranched alkanes of at least 4 members (excludes halogenated alkanes) is 15. The maximum absolute atomic E-state index is 12.7. The molecule has 2 N–H and O–H groups in total. The van der Waals surface area contributed by atoms with Gasteiger partial charge in [-0.05, 0) is 18.9 Å². The number of carbonyl (C=O) groups is 1. The molecule has 2 unspecified atom stereocenters. The van der Waals surface area contributed by atoms with Crippen LogP contribution in [0.2, 0.25) is 0 Å². The summed E-state index contributed by atoms with van der Waals surface area (Å²) in [5, 5.41) is 2.80. The summed E-state index contributed by atoms with van der Waals surface area (Å²) in [6.07, 6.45) is 22.8. The van der Waals surface area contributed by atoms with Crippen molar-refractivity contribution in [2.75, 3.05) is 52.7 Å². The fourth-order valence-electron chi connectivity index (χ4n) is 6.41. The van der Waals surface area contributed by atoms with Gasteiger partial charge in [-0.3, -0.25) is 4.48 Å². The third-order valence-electron chi connectivity index (χ3n) is 9.30. The van der Waals surface area contributed by atoms with Crippen molar-refractivity contribution in [3.8, 4) is 0 Å². The van der Waals surface area contributed by atoms with E-state index in [-0.39, 0.29) is 18.9 Å². The Balaban J connectivity index is 1.44. The number of alkyl carbamates (subject to hydrolysis) is 1. The lowest BCUT2D eigenvalue weighted by Gasteiger charge is -2.38. The van der Waals surface area contributed by atoms with Crippen molar-refractivity contribution in [1.82, 2.24) is 14.5 Å². The van der Waals surface area contributed by atoms with Crippen LogP contribution in [0.5, 0.6) is 0 Å². The topological polar surface area (TPSA) is 93.7 Å². The van der Waals surface area contributed by atoms with Gasteiger partial charge in [-0.25, -0.2) is 17.9 Å². The van der Waals surface area contributed by atoms with Crippen molar-refractivity contribution >= 4 is 21.8 Å². The van der Waals surface area contributed by atoms with Crippen LogP contribution in [0.15, 0.2) is 24.3 Å². The normalized spacial score (nSPS) is 17.1. The van der Waals surface area contributed by atoms with Crippen molar-refractivity contribution in [1.29, 1.82) is 0 Å². The van der Waals surface area contributed by atoms with E-state index in [0.29, 0.717) is 13.0 Å². The number of nitrogens with zero attached hydrogens (tertiary/aromatic N) is 1. The van der Waals surface area contributed by atoms with Gasteiger partial charge in [0.25, 0.3) is 0 Å². The average Bonchev–Trinajstić information content (AvgIpc) is 3.02. The number of methoxy groups -OCH3 is 1. The first-order valence-electron chi connectivity index (χ1n) is 18.1. The highest BCUT2D eigenvalue weighted by atomic mass is 32.2. The number of benzene rings is 1. The molecule has 2 atom stereocenters. The summed E-state index contributed by atoms with van der Waals surface area (Å²) in [6.45, 7) is 4.72. The smallest absolute Gasteiger partial charge is 0.407 e. The van der Waals surface area contributed by atoms with E-state index in [1.165, 1.54) is 108 Å². The van der Waals surface area contributed by atoms with Crippen molar-refractivity contribution < 1.29 is 22.7 Å². The fourth-order valence-corrected chi connectivity index (χ4v) is 7.50. The highest BCUT2D eigenvalue weighted by Gasteiger charge is 2.31. The minimum absolute atomic E-state index is 0.00441. The molecular formula is C36H66N3O5S+. The first kappa shape index (κ1) is 39.5. The molecule has 1 aromatic carbocycles. The van der Waals surface area contributed by atoms with Gasteiger partial charge in [0.15, 0.2) is 0 Å². The number of sulfonamides is 1. The molecule has 0 radical (unpaired) electrons. The predicted molar refractivity (Wildman–Crippen MR) is 188 cm³/mol. The Morgan fingerprint density at radius 1 is 0.867 bits per heavy atom. The lowest BCUT2D eigenvalue weighted by Crippen LogP contribution is -2.50. The van der Waals surface area contributed by atoms with Crippen LogP contribution < -0.4 is 14.5 Å². The van der Waals surface area contributed by atoms with Crippen LogP contribution >= 0.6 is 0 Å². The lowest BCUT2D eigenvalue weighted by molar-refractivity contribution is 0.0384. The summed E-state index contributed by atoms with van der Waals surface area (Å²) >= 11 is 0. The van der Waals surface area contributed by atoms with E-state index >= 15 is 0 Å². The number of fused-ring (bicyclic) bond motifs is 1. The van der Waals surface area contributed by atoms with Gasteiger partial charge in [0.1, 0.15) is 18.4 Å². The van der Waals surface area contributed by atoms with Crippen molar-refractivity contribution in [2.45, 2.75) is 135 Å². The largest absolute Gasteiger partial charge is 0.447 e. The number of para-hydroxylation sites is 1. The van der Waals surface area contributed by atoms with Crippen LogP contribution in [-0.4, -0.2) is 73.3 Å². The number of carbonyl (C=O) groups excluding carboxylic acids is 1. The number of amides is 1. The van der Waals surface area contributed by atoms with Crippen LogP contribution in [0.25, 0.3) is 0 Å². The summed E-state index contributed by atoms with van der Waals surface area (Å²) in [5.41, 5.74) is 2.67. The molecule has 9 heteroatoms. The molecule has 0 spiro atoms. The van der Waals surface area contributed by atoms with Gasteiger partial charge in [0, 0.05) is 38.6 Å². The second kappa shape index (κ2) is 23.6. The van der Waals surface area contributed by atoms with E-state index in [2.05, 4.69) is 48.3 Å². The summed E-state index contributed by atoms with van der Waals surface area (Å²) < 4.78 is 39.4. The molecule has 1 aliphatic heterocycles. The monoisotopic (exact) mass is 652 g/mol. The van der Waals surface area contributed by atoms with Crippen LogP contribution in [0.4, 0.5) is 10.5 Å². The molecule has 0 saturated carbocycles. The van der Waals surface area contributed by atoms with Gasteiger partial charge < -0.3 is 14.8 Å².